The van der Waals surface area contributed by atoms with Crippen molar-refractivity contribution in [3.63, 3.8) is 0 Å². The van der Waals surface area contributed by atoms with Gasteiger partial charge in [0.25, 0.3) is 0 Å². The number of nitrogens with zero attached hydrogens (tertiary/aromatic N) is 4. The zero-order valence-corrected chi connectivity index (χ0v) is 23.5. The van der Waals surface area contributed by atoms with Crippen molar-refractivity contribution in [2.45, 2.75) is 57.5 Å². The Hall–Kier alpha value is -3.25. The Labute approximate surface area is 238 Å². The number of amides is 4. The van der Waals surface area contributed by atoms with Crippen molar-refractivity contribution in [1.29, 1.82) is 0 Å². The molecule has 4 amide bonds. The standard InChI is InChI=1S/C29H31Cl2N5O3/c1-4-13-33-18-25(37)35-26(19(3)5-2)27(38)34(17-21-11-12-22(30)23(31)14-21)24-15-29(24,35)36(33)28(39)32-16-20-9-7-6-8-10-20/h1,6-12,14,19,24,26H,5,13,15-18H2,2-3H3,(H,32,39)/t19?,24-,26+,29?/m1/s1. The van der Waals surface area contributed by atoms with Gasteiger partial charge in [-0.15, -0.1) is 6.42 Å². The maximum Gasteiger partial charge on any atom is 0.334 e. The Kier molecular flexibility index (Phi) is 7.51. The van der Waals surface area contributed by atoms with E-state index in [1.54, 1.807) is 32.0 Å². The van der Waals surface area contributed by atoms with Crippen LogP contribution in [0.3, 0.4) is 0 Å². The molecule has 0 bridgehead atoms. The summed E-state index contributed by atoms with van der Waals surface area (Å²) in [6.07, 6.45) is 6.79. The van der Waals surface area contributed by atoms with Crippen molar-refractivity contribution in [3.8, 4) is 12.3 Å². The number of carbonyl (C=O) groups excluding carboxylic acids is 3. The first kappa shape index (κ1) is 27.3. The second kappa shape index (κ2) is 10.7. The van der Waals surface area contributed by atoms with E-state index in [2.05, 4.69) is 11.2 Å². The van der Waals surface area contributed by atoms with Gasteiger partial charge in [0.2, 0.25) is 11.8 Å². The molecule has 1 saturated carbocycles. The van der Waals surface area contributed by atoms with Crippen molar-refractivity contribution in [1.82, 2.24) is 25.1 Å². The van der Waals surface area contributed by atoms with E-state index >= 15 is 0 Å². The van der Waals surface area contributed by atoms with Gasteiger partial charge in [-0.2, -0.15) is 5.01 Å². The molecular formula is C29H31Cl2N5O3. The average Bonchev–Trinajstić information content (AvgIpc) is 3.65. The SMILES string of the molecule is C#CCN1CC(=O)N2[C@@H](C(C)CC)C(=O)N(Cc3ccc(Cl)c(Cl)c3)[C@@H]3CC32N1C(=O)NCc1ccccc1. The smallest absolute Gasteiger partial charge is 0.333 e. The lowest BCUT2D eigenvalue weighted by atomic mass is 9.92. The predicted molar refractivity (Wildman–Crippen MR) is 149 cm³/mol. The number of piperazine rings is 1. The van der Waals surface area contributed by atoms with E-state index in [0.29, 0.717) is 29.4 Å². The molecule has 10 heteroatoms. The monoisotopic (exact) mass is 567 g/mol. The number of halogens is 2. The van der Waals surface area contributed by atoms with Crippen LogP contribution in [0.5, 0.6) is 0 Å². The molecule has 1 aliphatic carbocycles. The highest BCUT2D eigenvalue weighted by atomic mass is 35.5. The summed E-state index contributed by atoms with van der Waals surface area (Å²) in [5, 5.41) is 7.07. The minimum Gasteiger partial charge on any atom is -0.333 e. The minimum absolute atomic E-state index is 0.0789. The second-order valence-electron chi connectivity index (χ2n) is 10.4. The van der Waals surface area contributed by atoms with Gasteiger partial charge >= 0.3 is 6.03 Å². The van der Waals surface area contributed by atoms with Gasteiger partial charge in [0.15, 0.2) is 5.66 Å². The normalized spacial score (nSPS) is 25.1. The van der Waals surface area contributed by atoms with Gasteiger partial charge in [-0.3, -0.25) is 9.59 Å². The summed E-state index contributed by atoms with van der Waals surface area (Å²) in [4.78, 5) is 45.0. The number of nitrogens with one attached hydrogen (secondary N) is 1. The van der Waals surface area contributed by atoms with E-state index in [1.807, 2.05) is 50.2 Å². The fourth-order valence-corrected chi connectivity index (χ4v) is 6.22. The van der Waals surface area contributed by atoms with Crippen LogP contribution in [0.15, 0.2) is 48.5 Å². The maximum absolute atomic E-state index is 14.0. The highest BCUT2D eigenvalue weighted by Crippen LogP contribution is 2.56. The highest BCUT2D eigenvalue weighted by Gasteiger charge is 2.76. The highest BCUT2D eigenvalue weighted by molar-refractivity contribution is 6.42. The topological polar surface area (TPSA) is 76.2 Å². The summed E-state index contributed by atoms with van der Waals surface area (Å²) in [6.45, 7) is 4.57. The van der Waals surface area contributed by atoms with Crippen molar-refractivity contribution in [2.24, 2.45) is 5.92 Å². The van der Waals surface area contributed by atoms with E-state index in [0.717, 1.165) is 11.1 Å². The molecule has 204 valence electrons. The summed E-state index contributed by atoms with van der Waals surface area (Å²) in [5.41, 5.74) is 0.742. The van der Waals surface area contributed by atoms with Gasteiger partial charge < -0.3 is 15.1 Å². The van der Waals surface area contributed by atoms with E-state index in [4.69, 9.17) is 29.6 Å². The Morgan fingerprint density at radius 1 is 1.15 bits per heavy atom. The molecule has 4 atom stereocenters. The molecule has 2 aromatic carbocycles. The zero-order valence-electron chi connectivity index (χ0n) is 21.9. The molecule has 8 nitrogen and oxygen atoms in total. The summed E-state index contributed by atoms with van der Waals surface area (Å²) >= 11 is 12.4. The fourth-order valence-electron chi connectivity index (χ4n) is 5.90. The second-order valence-corrected chi connectivity index (χ2v) is 11.2. The maximum atomic E-state index is 14.0. The van der Waals surface area contributed by atoms with E-state index in [-0.39, 0.29) is 43.4 Å². The van der Waals surface area contributed by atoms with Crippen LogP contribution in [0.25, 0.3) is 0 Å². The lowest BCUT2D eigenvalue weighted by Gasteiger charge is -2.56. The number of benzene rings is 2. The van der Waals surface area contributed by atoms with E-state index in [9.17, 15) is 14.4 Å². The van der Waals surface area contributed by atoms with Crippen LogP contribution in [0.1, 0.15) is 37.8 Å². The van der Waals surface area contributed by atoms with Crippen LogP contribution in [0.4, 0.5) is 4.79 Å². The van der Waals surface area contributed by atoms with Gasteiger partial charge in [0.1, 0.15) is 6.04 Å². The minimum atomic E-state index is -1.02. The van der Waals surface area contributed by atoms with Crippen LogP contribution >= 0.6 is 23.2 Å². The molecule has 2 unspecified atom stereocenters. The molecule has 3 fully saturated rings. The summed E-state index contributed by atoms with van der Waals surface area (Å²) in [7, 11) is 0. The molecule has 3 aliphatic rings. The summed E-state index contributed by atoms with van der Waals surface area (Å²) < 4.78 is 0. The van der Waals surface area contributed by atoms with Crippen molar-refractivity contribution in [3.05, 3.63) is 69.7 Å². The van der Waals surface area contributed by atoms with Crippen molar-refractivity contribution >= 4 is 41.0 Å². The molecule has 1 N–H and O–H groups in total. The average molecular weight is 569 g/mol. The number of rotatable bonds is 7. The number of hydrazine groups is 1. The van der Waals surface area contributed by atoms with Crippen LogP contribution in [0, 0.1) is 18.3 Å². The molecule has 2 aromatic rings. The lowest BCUT2D eigenvalue weighted by Crippen LogP contribution is -2.78. The van der Waals surface area contributed by atoms with Crippen molar-refractivity contribution < 1.29 is 14.4 Å². The van der Waals surface area contributed by atoms with Gasteiger partial charge in [-0.05, 0) is 29.2 Å². The van der Waals surface area contributed by atoms with Gasteiger partial charge in [-0.25, -0.2) is 9.80 Å². The van der Waals surface area contributed by atoms with Crippen molar-refractivity contribution in [2.75, 3.05) is 13.1 Å². The molecular weight excluding hydrogens is 537 g/mol. The lowest BCUT2D eigenvalue weighted by molar-refractivity contribution is -0.197. The quantitative estimate of drug-likeness (QED) is 0.510. The molecule has 1 spiro atoms. The summed E-state index contributed by atoms with van der Waals surface area (Å²) in [6, 6.07) is 13.4. The Morgan fingerprint density at radius 3 is 2.56 bits per heavy atom. The number of hydrogen-bond acceptors (Lipinski definition) is 4. The Morgan fingerprint density at radius 2 is 1.90 bits per heavy atom. The molecule has 0 radical (unpaired) electrons. The Balaban J connectivity index is 1.53. The van der Waals surface area contributed by atoms with Gasteiger partial charge in [0, 0.05) is 19.5 Å². The molecule has 0 aromatic heterocycles. The third kappa shape index (κ3) is 4.73. The predicted octanol–water partition coefficient (Wildman–Crippen LogP) is 4.12. The number of hydrogen-bond donors (Lipinski definition) is 1. The van der Waals surface area contributed by atoms with Crippen LogP contribution in [0.2, 0.25) is 10.0 Å². The first-order valence-electron chi connectivity index (χ1n) is 13.1. The molecule has 2 aliphatic heterocycles. The molecule has 2 heterocycles. The van der Waals surface area contributed by atoms with Crippen LogP contribution in [-0.2, 0) is 22.7 Å². The third-order valence-electron chi connectivity index (χ3n) is 7.98. The number of carbonyl (C=O) groups is 3. The van der Waals surface area contributed by atoms with Gasteiger partial charge in [0.05, 0.1) is 29.2 Å². The number of urea groups is 1. The van der Waals surface area contributed by atoms with Gasteiger partial charge in [-0.1, -0.05) is 85.8 Å². The number of terminal acetylenes is 1. The third-order valence-corrected chi connectivity index (χ3v) is 8.72. The molecule has 5 rings (SSSR count). The Bertz CT molecular complexity index is 1330. The largest absolute Gasteiger partial charge is 0.334 e. The zero-order chi connectivity index (χ0) is 27.9. The first-order chi connectivity index (χ1) is 18.7. The van der Waals surface area contributed by atoms with Crippen LogP contribution < -0.4 is 5.32 Å². The molecule has 39 heavy (non-hydrogen) atoms. The van der Waals surface area contributed by atoms with E-state index in [1.165, 1.54) is 0 Å². The van der Waals surface area contributed by atoms with Crippen LogP contribution in [-0.4, -0.2) is 68.5 Å². The molecule has 2 saturated heterocycles. The first-order valence-corrected chi connectivity index (χ1v) is 13.8. The fraction of sp³-hybridized carbons (Fsp3) is 0.414. The van der Waals surface area contributed by atoms with E-state index < -0.39 is 17.7 Å². The summed E-state index contributed by atoms with van der Waals surface area (Å²) in [5.74, 6) is 2.14.